The first-order valence-corrected chi connectivity index (χ1v) is 13.0. The molecular formula is C19H21N7O12S2. The molecule has 21 heteroatoms. The molecule has 1 fully saturated rings. The fourth-order valence-electron chi connectivity index (χ4n) is 3.14. The molecule has 40 heavy (non-hydrogen) atoms. The van der Waals surface area contributed by atoms with Gasteiger partial charge in [0.1, 0.15) is 17.4 Å². The fraction of sp³-hybridized carbons (Fsp3) is 0.316. The number of carbonyl (C=O) groups is 4. The van der Waals surface area contributed by atoms with Crippen LogP contribution in [0.1, 0.15) is 30.0 Å². The van der Waals surface area contributed by atoms with E-state index in [2.05, 4.69) is 20.8 Å². The average Bonchev–Trinajstić information content (AvgIpc) is 3.26. The summed E-state index contributed by atoms with van der Waals surface area (Å²) in [7, 11) is -5.18. The van der Waals surface area contributed by atoms with Crippen molar-refractivity contribution in [3.63, 3.8) is 0 Å². The van der Waals surface area contributed by atoms with Crippen molar-refractivity contribution in [2.75, 3.05) is 12.3 Å². The van der Waals surface area contributed by atoms with E-state index >= 15 is 0 Å². The molecule has 3 amide bonds. The monoisotopic (exact) mass is 603 g/mol. The average molecular weight is 604 g/mol. The lowest BCUT2D eigenvalue weighted by molar-refractivity contribution is -0.161. The summed E-state index contributed by atoms with van der Waals surface area (Å²) in [6.45, 7) is 1.51. The van der Waals surface area contributed by atoms with Crippen LogP contribution in [0.15, 0.2) is 27.6 Å². The van der Waals surface area contributed by atoms with Gasteiger partial charge in [0.05, 0.1) is 12.2 Å². The van der Waals surface area contributed by atoms with Gasteiger partial charge < -0.3 is 36.6 Å². The van der Waals surface area contributed by atoms with Crippen molar-refractivity contribution in [1.29, 1.82) is 0 Å². The zero-order valence-electron chi connectivity index (χ0n) is 20.3. The van der Waals surface area contributed by atoms with Crippen molar-refractivity contribution in [2.24, 2.45) is 5.16 Å². The molecule has 1 aliphatic heterocycles. The van der Waals surface area contributed by atoms with E-state index < -0.39 is 80.8 Å². The third kappa shape index (κ3) is 6.10. The predicted molar refractivity (Wildman–Crippen MR) is 132 cm³/mol. The highest BCUT2D eigenvalue weighted by Gasteiger charge is 2.54. The number of anilines is 1. The molecule has 8 N–H and O–H groups in total. The van der Waals surface area contributed by atoms with Crippen LogP contribution in [0.5, 0.6) is 5.75 Å². The molecule has 0 aliphatic carbocycles. The molecule has 3 heterocycles. The number of hydrogen-bond donors (Lipinski definition) is 7. The van der Waals surface area contributed by atoms with Gasteiger partial charge in [0.2, 0.25) is 11.0 Å². The smallest absolute Gasteiger partial charge is 0.362 e. The number of carboxylic acids is 1. The molecule has 2 aromatic heterocycles. The largest absolute Gasteiger partial charge is 0.503 e. The Morgan fingerprint density at radius 3 is 2.50 bits per heavy atom. The van der Waals surface area contributed by atoms with Gasteiger partial charge in [-0.15, -0.1) is 11.3 Å². The summed E-state index contributed by atoms with van der Waals surface area (Å²) in [6.07, 6.45) is 0.525. The minimum Gasteiger partial charge on any atom is -0.503 e. The number of nitrogens with one attached hydrogen (secondary N) is 2. The van der Waals surface area contributed by atoms with Gasteiger partial charge in [-0.1, -0.05) is 5.16 Å². The second kappa shape index (κ2) is 10.8. The predicted octanol–water partition coefficient (Wildman–Crippen LogP) is -2.66. The number of nitrogen functional groups attached to an aromatic ring is 1. The summed E-state index contributed by atoms with van der Waals surface area (Å²) in [5, 5.41) is 37.4. The Hall–Kier alpha value is -4.76. The number of rotatable bonds is 10. The van der Waals surface area contributed by atoms with Crippen LogP contribution in [-0.4, -0.2) is 96.0 Å². The van der Waals surface area contributed by atoms with Gasteiger partial charge >= 0.3 is 16.3 Å². The molecule has 0 unspecified atom stereocenters. The third-order valence-electron chi connectivity index (χ3n) is 5.28. The zero-order chi connectivity index (χ0) is 30.2. The Morgan fingerprint density at radius 2 is 1.95 bits per heavy atom. The number of amides is 3. The number of hydrogen-bond acceptors (Lipinski definition) is 14. The molecule has 216 valence electrons. The van der Waals surface area contributed by atoms with E-state index in [0.717, 1.165) is 25.2 Å². The Kier molecular flexibility index (Phi) is 8.03. The molecule has 1 aliphatic rings. The number of aromatic hydroxyl groups is 1. The summed E-state index contributed by atoms with van der Waals surface area (Å²) in [6, 6.07) is -2.75. The lowest BCUT2D eigenvalue weighted by Gasteiger charge is -2.44. The van der Waals surface area contributed by atoms with E-state index in [1.165, 1.54) is 5.38 Å². The van der Waals surface area contributed by atoms with Crippen LogP contribution in [0.2, 0.25) is 0 Å². The first-order chi connectivity index (χ1) is 18.4. The van der Waals surface area contributed by atoms with Crippen molar-refractivity contribution in [3.05, 3.63) is 39.3 Å². The molecule has 0 aromatic carbocycles. The SMILES string of the molecule is CC(C)(ON=C(C(=O)N[C@@H]1C(=O)N(S(=O)(=O)O)[C@@H]1CNC(=O)c1cc(=O)c(O)cn1O)c1csc(N)n1)C(=O)O. The molecule has 0 spiro atoms. The van der Waals surface area contributed by atoms with Crippen LogP contribution < -0.4 is 21.8 Å². The van der Waals surface area contributed by atoms with Crippen molar-refractivity contribution in [1.82, 2.24) is 24.7 Å². The Balaban J connectivity index is 1.86. The number of nitrogens with zero attached hydrogens (tertiary/aromatic N) is 4. The number of pyridine rings is 1. The fourth-order valence-corrected chi connectivity index (χ4v) is 4.57. The summed E-state index contributed by atoms with van der Waals surface area (Å²) in [4.78, 5) is 69.8. The first kappa shape index (κ1) is 29.8. The van der Waals surface area contributed by atoms with Crippen LogP contribution in [-0.2, 0) is 29.5 Å². The number of aromatic nitrogens is 2. The van der Waals surface area contributed by atoms with Crippen LogP contribution >= 0.6 is 11.3 Å². The first-order valence-electron chi connectivity index (χ1n) is 10.7. The van der Waals surface area contributed by atoms with E-state index in [1.54, 1.807) is 0 Å². The van der Waals surface area contributed by atoms with Gasteiger partial charge in [0.15, 0.2) is 16.6 Å². The van der Waals surface area contributed by atoms with Crippen molar-refractivity contribution >= 4 is 56.2 Å². The highest BCUT2D eigenvalue weighted by atomic mass is 32.2. The number of aliphatic carboxylic acids is 1. The van der Waals surface area contributed by atoms with Gasteiger partial charge in [-0.3, -0.25) is 23.7 Å². The number of nitrogens with two attached hydrogens (primary N) is 1. The highest BCUT2D eigenvalue weighted by Crippen LogP contribution is 2.24. The molecule has 3 rings (SSSR count). The van der Waals surface area contributed by atoms with Crippen LogP contribution in [0.3, 0.4) is 0 Å². The molecule has 0 radical (unpaired) electrons. The van der Waals surface area contributed by atoms with Crippen molar-refractivity contribution in [2.45, 2.75) is 31.5 Å². The molecule has 1 saturated heterocycles. The maximum absolute atomic E-state index is 13.1. The third-order valence-corrected chi connectivity index (χ3v) is 6.90. The molecule has 0 bridgehead atoms. The van der Waals surface area contributed by atoms with E-state index in [4.69, 9.17) is 10.6 Å². The molecule has 2 aromatic rings. The summed E-state index contributed by atoms with van der Waals surface area (Å²) < 4.78 is 33.0. The normalized spacial score (nSPS) is 17.6. The summed E-state index contributed by atoms with van der Waals surface area (Å²) in [5.74, 6) is -5.99. The Labute approximate surface area is 227 Å². The Morgan fingerprint density at radius 1 is 1.30 bits per heavy atom. The maximum Gasteiger partial charge on any atom is 0.362 e. The lowest BCUT2D eigenvalue weighted by atomic mass is 9.98. The van der Waals surface area contributed by atoms with Crippen LogP contribution in [0.25, 0.3) is 0 Å². The summed E-state index contributed by atoms with van der Waals surface area (Å²) >= 11 is 0.884. The second-order valence-corrected chi connectivity index (χ2v) is 10.7. The number of carboxylic acid groups (broad SMARTS) is 1. The van der Waals surface area contributed by atoms with Crippen molar-refractivity contribution in [3.8, 4) is 5.75 Å². The molecule has 0 saturated carbocycles. The number of thiazole rings is 1. The van der Waals surface area contributed by atoms with Crippen LogP contribution in [0.4, 0.5) is 5.13 Å². The molecular weight excluding hydrogens is 582 g/mol. The number of carbonyl (C=O) groups excluding carboxylic acids is 3. The minimum absolute atomic E-state index is 0.0116. The second-order valence-electron chi connectivity index (χ2n) is 8.51. The highest BCUT2D eigenvalue weighted by molar-refractivity contribution is 7.84. The standard InChI is InChI=1S/C19H21N7O12S2/c1-19(2,17(32)33)38-24-12(7-6-39-18(20)22-7)15(30)23-13-9(26(16(13)31)40(35,36)37)4-21-14(29)8-3-10(27)11(28)5-25(8)34/h3,5-6,9,13,28,34H,4H2,1-2H3,(H2,20,22)(H,21,29)(H,23,30)(H,32,33)(H,35,36,37)/t9-,13+/m1/s1. The van der Waals surface area contributed by atoms with E-state index in [1.807, 2.05) is 0 Å². The number of β-lactam (4-membered cyclic amide) rings is 1. The quantitative estimate of drug-likeness (QED) is 0.0480. The summed E-state index contributed by atoms with van der Waals surface area (Å²) in [5.41, 5.74) is 1.14. The van der Waals surface area contributed by atoms with Gasteiger partial charge in [-0.2, -0.15) is 13.1 Å². The van der Waals surface area contributed by atoms with Gasteiger partial charge in [-0.05, 0) is 13.8 Å². The van der Waals surface area contributed by atoms with Gasteiger partial charge in [-0.25, -0.2) is 14.1 Å². The Bertz CT molecular complexity index is 1580. The lowest BCUT2D eigenvalue weighted by Crippen LogP contribution is -2.74. The molecule has 2 atom stereocenters. The maximum atomic E-state index is 13.1. The van der Waals surface area contributed by atoms with Crippen molar-refractivity contribution < 1.29 is 52.4 Å². The van der Waals surface area contributed by atoms with Gasteiger partial charge in [0.25, 0.3) is 17.7 Å². The number of oxime groups is 1. The molecule has 19 nitrogen and oxygen atoms in total. The van der Waals surface area contributed by atoms with E-state index in [-0.39, 0.29) is 19.9 Å². The van der Waals surface area contributed by atoms with E-state index in [9.17, 15) is 52.4 Å². The van der Waals surface area contributed by atoms with E-state index in [0.29, 0.717) is 12.3 Å². The van der Waals surface area contributed by atoms with Gasteiger partial charge in [0, 0.05) is 18.0 Å². The van der Waals surface area contributed by atoms with Crippen LogP contribution in [0, 0.1) is 0 Å². The topological polar surface area (TPSA) is 293 Å². The minimum atomic E-state index is -5.18. The zero-order valence-corrected chi connectivity index (χ0v) is 22.0.